The Bertz CT molecular complexity index is 1140. The van der Waals surface area contributed by atoms with E-state index < -0.39 is 11.6 Å². The maximum atomic E-state index is 13.5. The van der Waals surface area contributed by atoms with E-state index in [-0.39, 0.29) is 33.5 Å². The molecule has 6 heteroatoms. The predicted octanol–water partition coefficient (Wildman–Crippen LogP) is 7.46. The summed E-state index contributed by atoms with van der Waals surface area (Å²) in [5.41, 5.74) is 1.72. The van der Waals surface area contributed by atoms with Gasteiger partial charge in [-0.3, -0.25) is 0 Å². The zero-order valence-corrected chi connectivity index (χ0v) is 22.6. The number of thioether (sulfide) groups is 1. The molecule has 4 rings (SSSR count). The van der Waals surface area contributed by atoms with Crippen molar-refractivity contribution in [1.29, 1.82) is 0 Å². The van der Waals surface area contributed by atoms with Gasteiger partial charge >= 0.3 is 5.97 Å². The van der Waals surface area contributed by atoms with Crippen LogP contribution in [0.25, 0.3) is 0 Å². The Labute approximate surface area is 218 Å². The van der Waals surface area contributed by atoms with Crippen LogP contribution in [0.4, 0.5) is 0 Å². The highest BCUT2D eigenvalue weighted by molar-refractivity contribution is 8.04. The van der Waals surface area contributed by atoms with Crippen LogP contribution < -0.4 is 0 Å². The number of esters is 1. The van der Waals surface area contributed by atoms with Crippen LogP contribution in [0, 0.1) is 12.8 Å². The molecule has 0 amide bonds. The lowest BCUT2D eigenvalue weighted by atomic mass is 9.71. The van der Waals surface area contributed by atoms with E-state index in [1.807, 2.05) is 25.1 Å². The lowest BCUT2D eigenvalue weighted by molar-refractivity contribution is -0.168. The third-order valence-corrected chi connectivity index (χ3v) is 8.81. The number of aliphatic hydroxyl groups excluding tert-OH is 1. The average molecular weight is 511 g/mol. The summed E-state index contributed by atoms with van der Waals surface area (Å²) in [5, 5.41) is 31.2. The van der Waals surface area contributed by atoms with E-state index in [0.717, 1.165) is 47.3 Å². The summed E-state index contributed by atoms with van der Waals surface area (Å²) in [7, 11) is 0. The van der Waals surface area contributed by atoms with Crippen molar-refractivity contribution in [1.82, 2.24) is 0 Å². The van der Waals surface area contributed by atoms with Crippen molar-refractivity contribution in [3.63, 3.8) is 0 Å². The van der Waals surface area contributed by atoms with Crippen molar-refractivity contribution < 1.29 is 24.9 Å². The molecular formula is C30H38O5S. The van der Waals surface area contributed by atoms with Crippen molar-refractivity contribution in [2.75, 3.05) is 0 Å². The maximum absolute atomic E-state index is 13.5. The third kappa shape index (κ3) is 5.69. The van der Waals surface area contributed by atoms with Gasteiger partial charge in [-0.15, -0.1) is 0 Å². The van der Waals surface area contributed by atoms with E-state index in [1.54, 1.807) is 18.2 Å². The molecule has 0 bridgehead atoms. The van der Waals surface area contributed by atoms with Crippen molar-refractivity contribution in [3.05, 3.63) is 63.8 Å². The van der Waals surface area contributed by atoms with Gasteiger partial charge in [0.2, 0.25) is 0 Å². The Morgan fingerprint density at radius 1 is 1.03 bits per heavy atom. The highest BCUT2D eigenvalue weighted by Gasteiger charge is 2.47. The summed E-state index contributed by atoms with van der Waals surface area (Å²) in [6, 6.07) is 10.8. The highest BCUT2D eigenvalue weighted by Crippen LogP contribution is 2.48. The quantitative estimate of drug-likeness (QED) is 0.350. The second-order valence-electron chi connectivity index (χ2n) is 11.4. The minimum atomic E-state index is -0.735. The Kier molecular flexibility index (Phi) is 7.65. The number of benzene rings is 2. The monoisotopic (exact) mass is 510 g/mol. The molecule has 1 heterocycles. The number of phenolic OH excluding ortho intramolecular Hbond substituents is 2. The molecule has 0 spiro atoms. The number of hydrogen-bond donors (Lipinski definition) is 3. The summed E-state index contributed by atoms with van der Waals surface area (Å²) < 4.78 is 6.32. The van der Waals surface area contributed by atoms with E-state index in [1.165, 1.54) is 18.2 Å². The van der Waals surface area contributed by atoms with Crippen LogP contribution in [-0.4, -0.2) is 26.9 Å². The molecule has 2 aromatic rings. The van der Waals surface area contributed by atoms with Crippen molar-refractivity contribution in [3.8, 4) is 11.5 Å². The zero-order valence-electron chi connectivity index (χ0n) is 21.8. The van der Waals surface area contributed by atoms with Crippen molar-refractivity contribution >= 4 is 17.7 Å². The number of carbonyl (C=O) groups is 1. The van der Waals surface area contributed by atoms with Gasteiger partial charge in [0.15, 0.2) is 0 Å². The van der Waals surface area contributed by atoms with Gasteiger partial charge in [-0.1, -0.05) is 63.9 Å². The van der Waals surface area contributed by atoms with E-state index in [2.05, 4.69) is 20.8 Å². The van der Waals surface area contributed by atoms with Crippen LogP contribution in [-0.2, 0) is 21.4 Å². The number of hydrogen-bond acceptors (Lipinski definition) is 6. The molecule has 0 aromatic heterocycles. The van der Waals surface area contributed by atoms with Gasteiger partial charge in [0, 0.05) is 11.3 Å². The van der Waals surface area contributed by atoms with Gasteiger partial charge in [-0.25, -0.2) is 4.79 Å². The molecule has 3 N–H and O–H groups in total. The van der Waals surface area contributed by atoms with Crippen LogP contribution in [0.3, 0.4) is 0 Å². The summed E-state index contributed by atoms with van der Waals surface area (Å²) in [6.45, 7) is 8.01. The number of phenols is 2. The number of rotatable bonds is 6. The predicted molar refractivity (Wildman–Crippen MR) is 143 cm³/mol. The van der Waals surface area contributed by atoms with E-state index in [0.29, 0.717) is 19.3 Å². The summed E-state index contributed by atoms with van der Waals surface area (Å²) in [5.74, 6) is 0.288. The fourth-order valence-electron chi connectivity index (χ4n) is 5.52. The smallest absolute Gasteiger partial charge is 0.349 e. The normalized spacial score (nSPS) is 21.5. The molecular weight excluding hydrogens is 472 g/mol. The number of aryl methyl sites for hydroxylation is 2. The van der Waals surface area contributed by atoms with E-state index >= 15 is 0 Å². The second-order valence-corrected chi connectivity index (χ2v) is 12.4. The second kappa shape index (κ2) is 10.4. The lowest BCUT2D eigenvalue weighted by Crippen LogP contribution is -2.47. The number of aliphatic hydroxyl groups is 1. The molecule has 1 saturated carbocycles. The van der Waals surface area contributed by atoms with Crippen molar-refractivity contribution in [2.45, 2.75) is 95.0 Å². The fourth-order valence-corrected chi connectivity index (χ4v) is 6.76. The first-order valence-electron chi connectivity index (χ1n) is 12.9. The summed E-state index contributed by atoms with van der Waals surface area (Å²) in [4.78, 5) is 14.6. The highest BCUT2D eigenvalue weighted by atomic mass is 32.2. The van der Waals surface area contributed by atoms with Gasteiger partial charge in [-0.05, 0) is 84.9 Å². The summed E-state index contributed by atoms with van der Waals surface area (Å²) >= 11 is 1.24. The number of carbonyl (C=O) groups excluding carboxylic acids is 1. The first kappa shape index (κ1) is 26.5. The van der Waals surface area contributed by atoms with Crippen LogP contribution in [0.1, 0.15) is 82.4 Å². The SMILES string of the molecule is Cc1cc(SC2=C(O)CC(CCc3ccc(O)cc3)(C3CCCCC3)OC2=O)c(C(C)(C)C)cc1O. The number of aromatic hydroxyl groups is 2. The maximum Gasteiger partial charge on any atom is 0.349 e. The first-order valence-corrected chi connectivity index (χ1v) is 13.8. The average Bonchev–Trinajstić information content (AvgIpc) is 2.83. The topological polar surface area (TPSA) is 87.0 Å². The molecule has 1 aliphatic carbocycles. The number of ether oxygens (including phenoxy) is 1. The minimum absolute atomic E-state index is 0.0955. The van der Waals surface area contributed by atoms with Gasteiger partial charge in [-0.2, -0.15) is 0 Å². The Morgan fingerprint density at radius 2 is 1.69 bits per heavy atom. The van der Waals surface area contributed by atoms with E-state index in [9.17, 15) is 20.1 Å². The molecule has 1 unspecified atom stereocenters. The Hall–Kier alpha value is -2.60. The molecule has 36 heavy (non-hydrogen) atoms. The molecule has 194 valence electrons. The van der Waals surface area contributed by atoms with Crippen LogP contribution in [0.5, 0.6) is 11.5 Å². The molecule has 0 saturated heterocycles. The molecule has 1 aliphatic heterocycles. The standard InChI is InChI=1S/C30H38O5S/c1-19-16-26(23(17-24(19)32)29(2,3)4)36-27-25(33)18-30(35-28(27)34,21-8-6-5-7-9-21)15-14-20-10-12-22(31)13-11-20/h10-13,16-17,21,31-33H,5-9,14-15,18H2,1-4H3. The Morgan fingerprint density at radius 3 is 2.31 bits per heavy atom. The van der Waals surface area contributed by atoms with Gasteiger partial charge in [0.05, 0.1) is 0 Å². The van der Waals surface area contributed by atoms with Gasteiger partial charge in [0.25, 0.3) is 0 Å². The van der Waals surface area contributed by atoms with Gasteiger partial charge in [0.1, 0.15) is 27.8 Å². The summed E-state index contributed by atoms with van der Waals surface area (Å²) in [6.07, 6.45) is 7.03. The minimum Gasteiger partial charge on any atom is -0.511 e. The molecule has 2 aromatic carbocycles. The first-order chi connectivity index (χ1) is 17.0. The van der Waals surface area contributed by atoms with Crippen LogP contribution in [0.15, 0.2) is 52.0 Å². The Balaban J connectivity index is 1.65. The lowest BCUT2D eigenvalue weighted by Gasteiger charge is -2.44. The third-order valence-electron chi connectivity index (χ3n) is 7.65. The van der Waals surface area contributed by atoms with Crippen molar-refractivity contribution in [2.24, 2.45) is 5.92 Å². The molecule has 2 aliphatic rings. The number of cyclic esters (lactones) is 1. The molecule has 1 fully saturated rings. The van der Waals surface area contributed by atoms with E-state index in [4.69, 9.17) is 4.74 Å². The van der Waals surface area contributed by atoms with Crippen LogP contribution >= 0.6 is 11.8 Å². The molecule has 1 atom stereocenters. The largest absolute Gasteiger partial charge is 0.511 e. The zero-order chi connectivity index (χ0) is 26.1. The van der Waals surface area contributed by atoms with Gasteiger partial charge < -0.3 is 20.1 Å². The fraction of sp³-hybridized carbons (Fsp3) is 0.500. The molecule has 0 radical (unpaired) electrons. The molecule has 5 nitrogen and oxygen atoms in total. The van der Waals surface area contributed by atoms with Crippen LogP contribution in [0.2, 0.25) is 0 Å².